The number of hydrogen-bond donors (Lipinski definition) is 1. The van der Waals surface area contributed by atoms with Gasteiger partial charge < -0.3 is 15.0 Å². The lowest BCUT2D eigenvalue weighted by molar-refractivity contribution is 0.0976. The quantitative estimate of drug-likeness (QED) is 0.915. The molecule has 0 aliphatic carbocycles. The summed E-state index contributed by atoms with van der Waals surface area (Å²) in [5, 5.41) is 2.99. The zero-order chi connectivity index (χ0) is 16.6. The minimum absolute atomic E-state index is 0.0293. The van der Waals surface area contributed by atoms with Gasteiger partial charge in [0.1, 0.15) is 6.10 Å². The number of urea groups is 1. The van der Waals surface area contributed by atoms with Crippen molar-refractivity contribution in [3.8, 4) is 5.88 Å². The number of aromatic nitrogens is 2. The molecule has 0 spiro atoms. The summed E-state index contributed by atoms with van der Waals surface area (Å²) in [6.45, 7) is 1.97. The van der Waals surface area contributed by atoms with Crippen molar-refractivity contribution in [1.29, 1.82) is 0 Å². The molecule has 0 saturated carbocycles. The second-order valence-corrected chi connectivity index (χ2v) is 5.84. The monoisotopic (exact) mass is 326 g/mol. The van der Waals surface area contributed by atoms with Crippen LogP contribution in [-0.2, 0) is 6.42 Å². The summed E-state index contributed by atoms with van der Waals surface area (Å²) in [6.07, 6.45) is 7.46. The van der Waals surface area contributed by atoms with Gasteiger partial charge in [0.05, 0.1) is 12.7 Å². The van der Waals surface area contributed by atoms with E-state index in [1.165, 1.54) is 5.56 Å². The predicted molar refractivity (Wildman–Crippen MR) is 90.8 cm³/mol. The number of carbonyl (C=O) groups is 1. The third-order valence-electron chi connectivity index (χ3n) is 4.02. The van der Waals surface area contributed by atoms with Gasteiger partial charge in [-0.15, -0.1) is 0 Å². The second kappa shape index (κ2) is 8.29. The Labute approximate surface area is 141 Å². The lowest BCUT2D eigenvalue weighted by atomic mass is 10.1. The van der Waals surface area contributed by atoms with E-state index in [0.717, 1.165) is 25.8 Å². The average molecular weight is 326 g/mol. The third-order valence-corrected chi connectivity index (χ3v) is 4.02. The number of nitrogens with one attached hydrogen (secondary N) is 1. The van der Waals surface area contributed by atoms with Crippen molar-refractivity contribution in [1.82, 2.24) is 20.2 Å². The van der Waals surface area contributed by atoms with Crippen LogP contribution in [0.2, 0.25) is 0 Å². The zero-order valence-electron chi connectivity index (χ0n) is 13.6. The Kier molecular flexibility index (Phi) is 5.61. The molecular weight excluding hydrogens is 304 g/mol. The van der Waals surface area contributed by atoms with Gasteiger partial charge >= 0.3 is 6.03 Å². The topological polar surface area (TPSA) is 67.4 Å². The molecule has 1 aromatic heterocycles. The summed E-state index contributed by atoms with van der Waals surface area (Å²) >= 11 is 0. The van der Waals surface area contributed by atoms with Crippen molar-refractivity contribution in [3.05, 3.63) is 54.5 Å². The van der Waals surface area contributed by atoms with Gasteiger partial charge in [-0.1, -0.05) is 30.3 Å². The zero-order valence-corrected chi connectivity index (χ0v) is 13.6. The number of hydrogen-bond acceptors (Lipinski definition) is 4. The lowest BCUT2D eigenvalue weighted by Crippen LogP contribution is -2.49. The molecule has 1 N–H and O–H groups in total. The van der Waals surface area contributed by atoms with Crippen LogP contribution in [0, 0.1) is 0 Å². The van der Waals surface area contributed by atoms with E-state index in [4.69, 9.17) is 4.74 Å². The largest absolute Gasteiger partial charge is 0.471 e. The Morgan fingerprint density at radius 1 is 1.29 bits per heavy atom. The van der Waals surface area contributed by atoms with Crippen LogP contribution >= 0.6 is 0 Å². The van der Waals surface area contributed by atoms with E-state index in [1.54, 1.807) is 18.6 Å². The summed E-state index contributed by atoms with van der Waals surface area (Å²) < 4.78 is 5.81. The first-order chi connectivity index (χ1) is 11.8. The van der Waals surface area contributed by atoms with Crippen molar-refractivity contribution in [2.75, 3.05) is 19.6 Å². The van der Waals surface area contributed by atoms with Gasteiger partial charge in [0.25, 0.3) is 0 Å². The van der Waals surface area contributed by atoms with Gasteiger partial charge in [-0.05, 0) is 24.8 Å². The molecule has 0 bridgehead atoms. The SMILES string of the molecule is O=C(NCCc1ccccc1)N1CCC[C@@H](Oc2cnccn2)C1. The molecule has 1 aromatic carbocycles. The maximum atomic E-state index is 12.3. The molecule has 3 rings (SSSR count). The van der Waals surface area contributed by atoms with Crippen molar-refractivity contribution in [2.45, 2.75) is 25.4 Å². The fourth-order valence-electron chi connectivity index (χ4n) is 2.81. The van der Waals surface area contributed by atoms with Crippen molar-refractivity contribution in [3.63, 3.8) is 0 Å². The fraction of sp³-hybridized carbons (Fsp3) is 0.389. The molecular formula is C18H22N4O2. The molecule has 6 nitrogen and oxygen atoms in total. The van der Waals surface area contributed by atoms with Gasteiger partial charge in [-0.25, -0.2) is 9.78 Å². The van der Waals surface area contributed by atoms with Crippen LogP contribution in [0.4, 0.5) is 4.79 Å². The highest BCUT2D eigenvalue weighted by atomic mass is 16.5. The molecule has 0 radical (unpaired) electrons. The van der Waals surface area contributed by atoms with E-state index in [9.17, 15) is 4.79 Å². The molecule has 0 unspecified atom stereocenters. The first-order valence-electron chi connectivity index (χ1n) is 8.30. The summed E-state index contributed by atoms with van der Waals surface area (Å²) in [5.74, 6) is 0.508. The molecule has 1 saturated heterocycles. The van der Waals surface area contributed by atoms with Crippen LogP contribution < -0.4 is 10.1 Å². The lowest BCUT2D eigenvalue weighted by Gasteiger charge is -2.32. The maximum absolute atomic E-state index is 12.3. The molecule has 1 aliphatic heterocycles. The number of piperidine rings is 1. The Bertz CT molecular complexity index is 636. The molecule has 6 heteroatoms. The number of benzene rings is 1. The number of amides is 2. The number of ether oxygens (including phenoxy) is 1. The van der Waals surface area contributed by atoms with E-state index in [0.29, 0.717) is 19.0 Å². The van der Waals surface area contributed by atoms with Crippen LogP contribution in [0.3, 0.4) is 0 Å². The molecule has 1 aliphatic rings. The third kappa shape index (κ3) is 4.68. The highest BCUT2D eigenvalue weighted by Gasteiger charge is 2.25. The Balaban J connectivity index is 1.44. The van der Waals surface area contributed by atoms with Crippen LogP contribution in [0.5, 0.6) is 5.88 Å². The van der Waals surface area contributed by atoms with Crippen LogP contribution in [0.25, 0.3) is 0 Å². The average Bonchev–Trinajstić information content (AvgIpc) is 2.64. The van der Waals surface area contributed by atoms with Gasteiger partial charge in [0.2, 0.25) is 5.88 Å². The smallest absolute Gasteiger partial charge is 0.317 e. The van der Waals surface area contributed by atoms with Gasteiger partial charge in [0.15, 0.2) is 0 Å². The minimum atomic E-state index is -0.0321. The summed E-state index contributed by atoms with van der Waals surface area (Å²) in [5.41, 5.74) is 1.22. The van der Waals surface area contributed by atoms with E-state index in [-0.39, 0.29) is 12.1 Å². The first-order valence-corrected chi connectivity index (χ1v) is 8.30. The normalized spacial score (nSPS) is 17.3. The summed E-state index contributed by atoms with van der Waals surface area (Å²) in [4.78, 5) is 22.2. The van der Waals surface area contributed by atoms with Crippen molar-refractivity contribution >= 4 is 6.03 Å². The minimum Gasteiger partial charge on any atom is -0.471 e. The first kappa shape index (κ1) is 16.2. The summed E-state index contributed by atoms with van der Waals surface area (Å²) in [6, 6.07) is 10.1. The summed E-state index contributed by atoms with van der Waals surface area (Å²) in [7, 11) is 0. The van der Waals surface area contributed by atoms with Crippen molar-refractivity contribution < 1.29 is 9.53 Å². The Morgan fingerprint density at radius 3 is 2.96 bits per heavy atom. The van der Waals surface area contributed by atoms with Crippen LogP contribution in [0.15, 0.2) is 48.9 Å². The Hall–Kier alpha value is -2.63. The fourth-order valence-corrected chi connectivity index (χ4v) is 2.81. The number of rotatable bonds is 5. The van der Waals surface area contributed by atoms with Crippen LogP contribution in [0.1, 0.15) is 18.4 Å². The molecule has 2 heterocycles. The van der Waals surface area contributed by atoms with E-state index >= 15 is 0 Å². The van der Waals surface area contributed by atoms with E-state index in [1.807, 2.05) is 23.1 Å². The second-order valence-electron chi connectivity index (χ2n) is 5.84. The number of nitrogens with zero attached hydrogens (tertiary/aromatic N) is 3. The van der Waals surface area contributed by atoms with Crippen LogP contribution in [-0.4, -0.2) is 46.6 Å². The Morgan fingerprint density at radius 2 is 2.17 bits per heavy atom. The van der Waals surface area contributed by atoms with E-state index in [2.05, 4.69) is 27.4 Å². The predicted octanol–water partition coefficient (Wildman–Crippen LogP) is 2.27. The molecule has 1 atom stereocenters. The van der Waals surface area contributed by atoms with Gasteiger partial charge in [-0.3, -0.25) is 4.98 Å². The van der Waals surface area contributed by atoms with Crippen molar-refractivity contribution in [2.24, 2.45) is 0 Å². The number of likely N-dealkylation sites (tertiary alicyclic amines) is 1. The standard InChI is InChI=1S/C18H22N4O2/c23-18(21-9-8-15-5-2-1-3-6-15)22-12-4-7-16(14-22)24-17-13-19-10-11-20-17/h1-3,5-6,10-11,13,16H,4,7-9,12,14H2,(H,21,23)/t16-/m1/s1. The molecule has 126 valence electrons. The van der Waals surface area contributed by atoms with Gasteiger partial charge in [-0.2, -0.15) is 0 Å². The molecule has 24 heavy (non-hydrogen) atoms. The van der Waals surface area contributed by atoms with Gasteiger partial charge in [0, 0.05) is 25.5 Å². The van der Waals surface area contributed by atoms with E-state index < -0.39 is 0 Å². The maximum Gasteiger partial charge on any atom is 0.317 e. The number of carbonyl (C=O) groups excluding carboxylic acids is 1. The molecule has 2 aromatic rings. The molecule has 2 amide bonds. The highest BCUT2D eigenvalue weighted by molar-refractivity contribution is 5.74. The molecule has 1 fully saturated rings. The highest BCUT2D eigenvalue weighted by Crippen LogP contribution is 2.15.